The Morgan fingerprint density at radius 1 is 1.38 bits per heavy atom. The van der Waals surface area contributed by atoms with Crippen molar-refractivity contribution in [1.29, 1.82) is 0 Å². The van der Waals surface area contributed by atoms with Gasteiger partial charge >= 0.3 is 0 Å². The number of carbonyl (C=O) groups is 1. The van der Waals surface area contributed by atoms with E-state index in [2.05, 4.69) is 10.5 Å². The van der Waals surface area contributed by atoms with Crippen molar-refractivity contribution in [3.05, 3.63) is 23.8 Å². The number of hydrogen-bond donors (Lipinski definition) is 1. The first-order valence-corrected chi connectivity index (χ1v) is 6.92. The van der Waals surface area contributed by atoms with E-state index in [0.717, 1.165) is 17.7 Å². The molecule has 0 fully saturated rings. The van der Waals surface area contributed by atoms with Gasteiger partial charge in [0.1, 0.15) is 0 Å². The van der Waals surface area contributed by atoms with Gasteiger partial charge in [0, 0.05) is 18.5 Å². The Hall–Kier alpha value is -2.24. The minimum atomic E-state index is -0.556. The summed E-state index contributed by atoms with van der Waals surface area (Å²) in [5, 5.41) is 6.81. The van der Waals surface area contributed by atoms with Gasteiger partial charge in [-0.3, -0.25) is 4.79 Å². The summed E-state index contributed by atoms with van der Waals surface area (Å²) in [7, 11) is 3.16. The van der Waals surface area contributed by atoms with Crippen LogP contribution in [0, 0.1) is 0 Å². The van der Waals surface area contributed by atoms with E-state index in [1.165, 1.54) is 0 Å². The van der Waals surface area contributed by atoms with E-state index < -0.39 is 6.10 Å². The number of methoxy groups -OCH3 is 2. The summed E-state index contributed by atoms with van der Waals surface area (Å²) in [6.07, 6.45) is 0.784. The smallest absolute Gasteiger partial charge is 0.264 e. The molecule has 1 aliphatic rings. The number of rotatable bonds is 6. The number of oxime groups is 1. The molecule has 0 saturated heterocycles. The van der Waals surface area contributed by atoms with Gasteiger partial charge in [-0.2, -0.15) is 0 Å². The Labute approximate surface area is 124 Å². The topological polar surface area (TPSA) is 69.2 Å². The van der Waals surface area contributed by atoms with Crippen LogP contribution in [0.5, 0.6) is 11.5 Å². The number of nitrogens with zero attached hydrogens (tertiary/aromatic N) is 1. The Balaban J connectivity index is 2.05. The SMILES string of the molecule is CCCNC(=O)C1CC(c2ccc(OC)c(OC)c2)=NO1. The van der Waals surface area contributed by atoms with Crippen LogP contribution in [0.1, 0.15) is 25.3 Å². The third kappa shape index (κ3) is 3.45. The van der Waals surface area contributed by atoms with Gasteiger partial charge in [0.2, 0.25) is 6.10 Å². The van der Waals surface area contributed by atoms with E-state index in [9.17, 15) is 4.79 Å². The predicted molar refractivity (Wildman–Crippen MR) is 78.9 cm³/mol. The molecule has 1 amide bonds. The Morgan fingerprint density at radius 2 is 2.14 bits per heavy atom. The summed E-state index contributed by atoms with van der Waals surface area (Å²) < 4.78 is 10.5. The molecule has 6 heteroatoms. The molecule has 0 radical (unpaired) electrons. The van der Waals surface area contributed by atoms with E-state index in [4.69, 9.17) is 14.3 Å². The first kappa shape index (κ1) is 15.2. The molecule has 2 rings (SSSR count). The Bertz CT molecular complexity index is 542. The highest BCUT2D eigenvalue weighted by Gasteiger charge is 2.28. The maximum absolute atomic E-state index is 11.9. The summed E-state index contributed by atoms with van der Waals surface area (Å²) in [5.41, 5.74) is 1.59. The second-order valence-corrected chi connectivity index (χ2v) is 4.70. The molecular formula is C15H20N2O4. The lowest BCUT2D eigenvalue weighted by Gasteiger charge is -2.09. The number of ether oxygens (including phenoxy) is 2. The largest absolute Gasteiger partial charge is 0.493 e. The van der Waals surface area contributed by atoms with Crippen LogP contribution in [-0.2, 0) is 9.63 Å². The molecule has 0 spiro atoms. The molecule has 6 nitrogen and oxygen atoms in total. The molecule has 21 heavy (non-hydrogen) atoms. The van der Waals surface area contributed by atoms with Crippen molar-refractivity contribution < 1.29 is 19.1 Å². The van der Waals surface area contributed by atoms with Gasteiger partial charge in [-0.15, -0.1) is 0 Å². The highest BCUT2D eigenvalue weighted by Crippen LogP contribution is 2.29. The third-order valence-corrected chi connectivity index (χ3v) is 3.23. The highest BCUT2D eigenvalue weighted by atomic mass is 16.6. The highest BCUT2D eigenvalue weighted by molar-refractivity contribution is 6.04. The molecule has 114 valence electrons. The summed E-state index contributed by atoms with van der Waals surface area (Å²) in [4.78, 5) is 17.1. The normalized spacial score (nSPS) is 16.9. The first-order chi connectivity index (χ1) is 10.2. The minimum Gasteiger partial charge on any atom is -0.493 e. The molecule has 1 unspecified atom stereocenters. The molecular weight excluding hydrogens is 272 g/mol. The third-order valence-electron chi connectivity index (χ3n) is 3.23. The molecule has 1 heterocycles. The fourth-order valence-corrected chi connectivity index (χ4v) is 2.07. The van der Waals surface area contributed by atoms with Crippen LogP contribution in [0.15, 0.2) is 23.4 Å². The van der Waals surface area contributed by atoms with Gasteiger partial charge in [-0.05, 0) is 24.6 Å². The monoisotopic (exact) mass is 292 g/mol. The lowest BCUT2D eigenvalue weighted by molar-refractivity contribution is -0.131. The van der Waals surface area contributed by atoms with Gasteiger partial charge in [0.25, 0.3) is 5.91 Å². The van der Waals surface area contributed by atoms with Crippen molar-refractivity contribution in [3.63, 3.8) is 0 Å². The van der Waals surface area contributed by atoms with E-state index in [0.29, 0.717) is 24.5 Å². The van der Waals surface area contributed by atoms with Crippen molar-refractivity contribution in [3.8, 4) is 11.5 Å². The predicted octanol–water partition coefficient (Wildman–Crippen LogP) is 1.72. The van der Waals surface area contributed by atoms with E-state index >= 15 is 0 Å². The van der Waals surface area contributed by atoms with Crippen LogP contribution in [0.3, 0.4) is 0 Å². The van der Waals surface area contributed by atoms with Crippen LogP contribution in [0.4, 0.5) is 0 Å². The van der Waals surface area contributed by atoms with Crippen LogP contribution >= 0.6 is 0 Å². The summed E-state index contributed by atoms with van der Waals surface area (Å²) >= 11 is 0. The fraction of sp³-hybridized carbons (Fsp3) is 0.467. The molecule has 1 aromatic carbocycles. The second-order valence-electron chi connectivity index (χ2n) is 4.70. The summed E-state index contributed by atoms with van der Waals surface area (Å²) in [6.45, 7) is 2.64. The fourth-order valence-electron chi connectivity index (χ4n) is 2.07. The summed E-state index contributed by atoms with van der Waals surface area (Å²) in [5.74, 6) is 1.14. The molecule has 1 aromatic rings. The van der Waals surface area contributed by atoms with Crippen LogP contribution in [0.2, 0.25) is 0 Å². The maximum atomic E-state index is 11.9. The molecule has 1 N–H and O–H groups in total. The molecule has 0 aromatic heterocycles. The first-order valence-electron chi connectivity index (χ1n) is 6.92. The number of carbonyl (C=O) groups excluding carboxylic acids is 1. The van der Waals surface area contributed by atoms with E-state index in [1.807, 2.05) is 19.1 Å². The number of amides is 1. The lowest BCUT2D eigenvalue weighted by atomic mass is 10.0. The molecule has 0 aliphatic carbocycles. The van der Waals surface area contributed by atoms with Gasteiger partial charge in [-0.1, -0.05) is 12.1 Å². The average molecular weight is 292 g/mol. The molecule has 1 atom stereocenters. The van der Waals surface area contributed by atoms with E-state index in [1.54, 1.807) is 20.3 Å². The Kier molecular flexibility index (Phi) is 5.03. The molecule has 0 saturated carbocycles. The summed E-state index contributed by atoms with van der Waals surface area (Å²) in [6, 6.07) is 5.50. The van der Waals surface area contributed by atoms with Crippen LogP contribution in [0.25, 0.3) is 0 Å². The standard InChI is InChI=1S/C15H20N2O4/c1-4-7-16-15(18)14-9-11(17-21-14)10-5-6-12(19-2)13(8-10)20-3/h5-6,8,14H,4,7,9H2,1-3H3,(H,16,18). The number of hydrogen-bond acceptors (Lipinski definition) is 5. The zero-order chi connectivity index (χ0) is 15.2. The van der Waals surface area contributed by atoms with Gasteiger partial charge < -0.3 is 19.6 Å². The van der Waals surface area contributed by atoms with Crippen molar-refractivity contribution >= 4 is 11.6 Å². The van der Waals surface area contributed by atoms with Crippen LogP contribution in [-0.4, -0.2) is 38.5 Å². The van der Waals surface area contributed by atoms with E-state index in [-0.39, 0.29) is 5.91 Å². The average Bonchev–Trinajstić information content (AvgIpc) is 3.01. The molecule has 0 bridgehead atoms. The quantitative estimate of drug-likeness (QED) is 0.867. The van der Waals surface area contributed by atoms with Gasteiger partial charge in [0.15, 0.2) is 11.5 Å². The van der Waals surface area contributed by atoms with Crippen molar-refractivity contribution in [2.24, 2.45) is 5.16 Å². The van der Waals surface area contributed by atoms with Crippen molar-refractivity contribution in [2.45, 2.75) is 25.9 Å². The minimum absolute atomic E-state index is 0.129. The van der Waals surface area contributed by atoms with Crippen LogP contribution < -0.4 is 14.8 Å². The van der Waals surface area contributed by atoms with Gasteiger partial charge in [-0.25, -0.2) is 0 Å². The van der Waals surface area contributed by atoms with Crippen molar-refractivity contribution in [1.82, 2.24) is 5.32 Å². The lowest BCUT2D eigenvalue weighted by Crippen LogP contribution is -2.35. The number of benzene rings is 1. The Morgan fingerprint density at radius 3 is 2.81 bits per heavy atom. The zero-order valence-corrected chi connectivity index (χ0v) is 12.5. The molecule has 1 aliphatic heterocycles. The maximum Gasteiger partial charge on any atom is 0.264 e. The number of nitrogens with one attached hydrogen (secondary N) is 1. The zero-order valence-electron chi connectivity index (χ0n) is 12.5. The second kappa shape index (κ2) is 6.97. The van der Waals surface area contributed by atoms with Crippen molar-refractivity contribution in [2.75, 3.05) is 20.8 Å². The van der Waals surface area contributed by atoms with Gasteiger partial charge in [0.05, 0.1) is 19.9 Å².